The number of primary amides is 1. The van der Waals surface area contributed by atoms with E-state index in [0.717, 1.165) is 5.56 Å². The fourth-order valence-corrected chi connectivity index (χ4v) is 3.51. The summed E-state index contributed by atoms with van der Waals surface area (Å²) in [5, 5.41) is 0.503. The van der Waals surface area contributed by atoms with Gasteiger partial charge in [0.05, 0.1) is 6.04 Å². The summed E-state index contributed by atoms with van der Waals surface area (Å²) in [5.41, 5.74) is 7.12. The van der Waals surface area contributed by atoms with E-state index in [1.54, 1.807) is 61.5 Å². The highest BCUT2D eigenvalue weighted by Gasteiger charge is 2.35. The van der Waals surface area contributed by atoms with Gasteiger partial charge >= 0.3 is 0 Å². The standard InChI is InChI=1S/C23H20ClFN2O2/c1-15(17-9-5-11-19(24)13-17)27(23(29)16-7-3-2-4-8-16)21(22(26)28)18-10-6-12-20(25)14-18/h2-15,21H,1H3,(H2,26,28)/t15-,21+/m1/s1. The number of amides is 2. The molecule has 0 aromatic heterocycles. The molecule has 2 atom stereocenters. The Kier molecular flexibility index (Phi) is 6.29. The van der Waals surface area contributed by atoms with Crippen LogP contribution in [0.3, 0.4) is 0 Å². The zero-order valence-corrected chi connectivity index (χ0v) is 16.5. The molecule has 3 aromatic rings. The van der Waals surface area contributed by atoms with E-state index in [0.29, 0.717) is 16.1 Å². The Morgan fingerprint density at radius 2 is 1.59 bits per heavy atom. The molecule has 6 heteroatoms. The number of halogens is 2. The number of carbonyl (C=O) groups is 2. The first kappa shape index (κ1) is 20.6. The van der Waals surface area contributed by atoms with Crippen LogP contribution >= 0.6 is 11.6 Å². The van der Waals surface area contributed by atoms with Crippen molar-refractivity contribution in [1.82, 2.24) is 4.90 Å². The molecule has 3 rings (SSSR count). The van der Waals surface area contributed by atoms with E-state index >= 15 is 0 Å². The Morgan fingerprint density at radius 3 is 2.21 bits per heavy atom. The van der Waals surface area contributed by atoms with Crippen LogP contribution in [0.5, 0.6) is 0 Å². The number of nitrogens with two attached hydrogens (primary N) is 1. The van der Waals surface area contributed by atoms with Crippen molar-refractivity contribution in [3.63, 3.8) is 0 Å². The summed E-state index contributed by atoms with van der Waals surface area (Å²) in [5.74, 6) is -1.67. The first-order valence-corrected chi connectivity index (χ1v) is 9.44. The van der Waals surface area contributed by atoms with Crippen LogP contribution in [-0.2, 0) is 4.79 Å². The van der Waals surface area contributed by atoms with Crippen molar-refractivity contribution in [2.75, 3.05) is 0 Å². The summed E-state index contributed by atoms with van der Waals surface area (Å²) in [6.07, 6.45) is 0. The largest absolute Gasteiger partial charge is 0.368 e. The molecule has 4 nitrogen and oxygen atoms in total. The summed E-state index contributed by atoms with van der Waals surface area (Å²) in [6, 6.07) is 19.4. The number of rotatable bonds is 6. The molecule has 0 aliphatic heterocycles. The molecule has 0 heterocycles. The normalized spacial score (nSPS) is 12.8. The summed E-state index contributed by atoms with van der Waals surface area (Å²) >= 11 is 6.13. The van der Waals surface area contributed by atoms with Gasteiger partial charge in [-0.25, -0.2) is 4.39 Å². The minimum absolute atomic E-state index is 0.302. The van der Waals surface area contributed by atoms with Gasteiger partial charge in [-0.15, -0.1) is 0 Å². The molecule has 148 valence electrons. The molecular weight excluding hydrogens is 391 g/mol. The molecule has 0 fully saturated rings. The van der Waals surface area contributed by atoms with Gasteiger partial charge < -0.3 is 10.6 Å². The molecule has 3 aromatic carbocycles. The zero-order chi connectivity index (χ0) is 21.0. The second kappa shape index (κ2) is 8.88. The molecule has 0 saturated heterocycles. The van der Waals surface area contributed by atoms with Crippen LogP contribution in [-0.4, -0.2) is 16.7 Å². The summed E-state index contributed by atoms with van der Waals surface area (Å²) < 4.78 is 13.9. The highest BCUT2D eigenvalue weighted by molar-refractivity contribution is 6.30. The zero-order valence-electron chi connectivity index (χ0n) is 15.8. The monoisotopic (exact) mass is 410 g/mol. The van der Waals surface area contributed by atoms with E-state index in [1.807, 2.05) is 6.07 Å². The average molecular weight is 411 g/mol. The molecule has 0 unspecified atom stereocenters. The van der Waals surface area contributed by atoms with E-state index < -0.39 is 29.7 Å². The van der Waals surface area contributed by atoms with Crippen molar-refractivity contribution in [3.8, 4) is 0 Å². The van der Waals surface area contributed by atoms with E-state index in [1.165, 1.54) is 23.1 Å². The molecule has 29 heavy (non-hydrogen) atoms. The Morgan fingerprint density at radius 1 is 0.931 bits per heavy atom. The van der Waals surface area contributed by atoms with Gasteiger partial charge in [0, 0.05) is 10.6 Å². The Hall–Kier alpha value is -3.18. The van der Waals surface area contributed by atoms with Crippen molar-refractivity contribution in [3.05, 3.63) is 106 Å². The van der Waals surface area contributed by atoms with Gasteiger partial charge in [0.1, 0.15) is 11.9 Å². The molecular formula is C23H20ClFN2O2. The Bertz CT molecular complexity index is 1030. The van der Waals surface area contributed by atoms with E-state index in [4.69, 9.17) is 17.3 Å². The maximum Gasteiger partial charge on any atom is 0.255 e. The second-order valence-corrected chi connectivity index (χ2v) is 7.11. The molecule has 2 N–H and O–H groups in total. The van der Waals surface area contributed by atoms with Crippen LogP contribution in [0.2, 0.25) is 5.02 Å². The maximum atomic E-state index is 13.9. The van der Waals surface area contributed by atoms with Crippen LogP contribution in [0.25, 0.3) is 0 Å². The van der Waals surface area contributed by atoms with Gasteiger partial charge in [0.15, 0.2) is 0 Å². The summed E-state index contributed by atoms with van der Waals surface area (Å²) in [4.78, 5) is 27.3. The maximum absolute atomic E-state index is 13.9. The lowest BCUT2D eigenvalue weighted by atomic mass is 9.98. The first-order chi connectivity index (χ1) is 13.9. The van der Waals surface area contributed by atoms with E-state index in [2.05, 4.69) is 0 Å². The van der Waals surface area contributed by atoms with Gasteiger partial charge in [-0.05, 0) is 54.4 Å². The number of hydrogen-bond acceptors (Lipinski definition) is 2. The minimum Gasteiger partial charge on any atom is -0.368 e. The van der Waals surface area contributed by atoms with Crippen LogP contribution < -0.4 is 5.73 Å². The average Bonchev–Trinajstić information content (AvgIpc) is 2.71. The van der Waals surface area contributed by atoms with Crippen molar-refractivity contribution < 1.29 is 14.0 Å². The fraction of sp³-hybridized carbons (Fsp3) is 0.130. The van der Waals surface area contributed by atoms with Crippen molar-refractivity contribution in [1.29, 1.82) is 0 Å². The molecule has 0 radical (unpaired) electrons. The van der Waals surface area contributed by atoms with Crippen molar-refractivity contribution >= 4 is 23.4 Å². The lowest BCUT2D eigenvalue weighted by Crippen LogP contribution is -2.43. The van der Waals surface area contributed by atoms with Gasteiger partial charge in [0.2, 0.25) is 5.91 Å². The highest BCUT2D eigenvalue weighted by Crippen LogP contribution is 2.33. The van der Waals surface area contributed by atoms with E-state index in [-0.39, 0.29) is 0 Å². The van der Waals surface area contributed by atoms with Gasteiger partial charge in [-0.2, -0.15) is 0 Å². The molecule has 0 saturated carbocycles. The third kappa shape index (κ3) is 4.63. The van der Waals surface area contributed by atoms with Crippen LogP contribution in [0.1, 0.15) is 40.5 Å². The predicted molar refractivity (Wildman–Crippen MR) is 111 cm³/mol. The Balaban J connectivity index is 2.15. The SMILES string of the molecule is C[C@H](c1cccc(Cl)c1)N(C(=O)c1ccccc1)[C@H](C(N)=O)c1cccc(F)c1. The minimum atomic E-state index is -1.16. The Labute approximate surface area is 173 Å². The third-order valence-corrected chi connectivity index (χ3v) is 4.95. The van der Waals surface area contributed by atoms with Crippen molar-refractivity contribution in [2.24, 2.45) is 5.73 Å². The lowest BCUT2D eigenvalue weighted by molar-refractivity contribution is -0.123. The molecule has 0 aliphatic rings. The molecule has 2 amide bonds. The predicted octanol–water partition coefficient (Wildman–Crippen LogP) is 4.91. The lowest BCUT2D eigenvalue weighted by Gasteiger charge is -2.35. The smallest absolute Gasteiger partial charge is 0.255 e. The van der Waals surface area contributed by atoms with Crippen molar-refractivity contribution in [2.45, 2.75) is 19.0 Å². The van der Waals surface area contributed by atoms with Gasteiger partial charge in [0.25, 0.3) is 5.91 Å². The van der Waals surface area contributed by atoms with Crippen LogP contribution in [0.15, 0.2) is 78.9 Å². The molecule has 0 spiro atoms. The molecule has 0 aliphatic carbocycles. The number of benzene rings is 3. The highest BCUT2D eigenvalue weighted by atomic mass is 35.5. The summed E-state index contributed by atoms with van der Waals surface area (Å²) in [7, 11) is 0. The van der Waals surface area contributed by atoms with Crippen LogP contribution in [0, 0.1) is 5.82 Å². The topological polar surface area (TPSA) is 63.4 Å². The summed E-state index contributed by atoms with van der Waals surface area (Å²) in [6.45, 7) is 1.78. The number of carbonyl (C=O) groups excluding carboxylic acids is 2. The van der Waals surface area contributed by atoms with Gasteiger partial charge in [-0.3, -0.25) is 9.59 Å². The van der Waals surface area contributed by atoms with E-state index in [9.17, 15) is 14.0 Å². The number of hydrogen-bond donors (Lipinski definition) is 1. The fourth-order valence-electron chi connectivity index (χ4n) is 3.31. The number of nitrogens with zero attached hydrogens (tertiary/aromatic N) is 1. The molecule has 0 bridgehead atoms. The van der Waals surface area contributed by atoms with Gasteiger partial charge in [-0.1, -0.05) is 54.1 Å². The quantitative estimate of drug-likeness (QED) is 0.627. The second-order valence-electron chi connectivity index (χ2n) is 6.67. The third-order valence-electron chi connectivity index (χ3n) is 4.72. The van der Waals surface area contributed by atoms with Crippen LogP contribution in [0.4, 0.5) is 4.39 Å². The first-order valence-electron chi connectivity index (χ1n) is 9.06.